The summed E-state index contributed by atoms with van der Waals surface area (Å²) in [7, 11) is 0. The molecule has 6 nitrogen and oxygen atoms in total. The number of aromatic amines is 1. The average Bonchev–Trinajstić information content (AvgIpc) is 3.48. The first kappa shape index (κ1) is 22.8. The lowest BCUT2D eigenvalue weighted by Crippen LogP contribution is -2.30. The zero-order chi connectivity index (χ0) is 25.2. The largest absolute Gasteiger partial charge is 0.490 e. The first-order chi connectivity index (χ1) is 18.1. The van der Waals surface area contributed by atoms with E-state index in [-0.39, 0.29) is 11.9 Å². The molecule has 1 aliphatic heterocycles. The maximum absolute atomic E-state index is 12.6. The fourth-order valence-corrected chi connectivity index (χ4v) is 4.73. The smallest absolute Gasteiger partial charge is 0.256 e. The van der Waals surface area contributed by atoms with Crippen molar-refractivity contribution in [3.05, 3.63) is 114 Å². The first-order valence-electron chi connectivity index (χ1n) is 12.3. The number of anilines is 1. The number of hydrogen-bond acceptors (Lipinski definition) is 4. The standard InChI is InChI=1S/C31H26N4O2/c32-24(13-23-17-34-29-9-5-4-8-26(23)29)19-37-25-14-22(16-33-18-25)21-10-11-30-27(15-21)28(31(36)35-30)12-20-6-2-1-3-7-20/h1-12,14-18,24,34H,13,19,32H2,(H,35,36)/b28-12-/t24-/m0/s1. The Hall–Kier alpha value is -4.68. The molecule has 37 heavy (non-hydrogen) atoms. The predicted molar refractivity (Wildman–Crippen MR) is 148 cm³/mol. The number of para-hydroxylation sites is 1. The summed E-state index contributed by atoms with van der Waals surface area (Å²) in [5.41, 5.74) is 13.9. The summed E-state index contributed by atoms with van der Waals surface area (Å²) in [5, 5.41) is 4.14. The Labute approximate surface area is 214 Å². The van der Waals surface area contributed by atoms with E-state index in [0.717, 1.165) is 33.5 Å². The van der Waals surface area contributed by atoms with Crippen molar-refractivity contribution in [1.82, 2.24) is 9.97 Å². The highest BCUT2D eigenvalue weighted by Crippen LogP contribution is 2.36. The van der Waals surface area contributed by atoms with Crippen LogP contribution in [0.15, 0.2) is 97.5 Å². The molecule has 0 saturated heterocycles. The van der Waals surface area contributed by atoms with Crippen LogP contribution in [0.3, 0.4) is 0 Å². The van der Waals surface area contributed by atoms with Gasteiger partial charge in [0, 0.05) is 51.7 Å². The molecule has 5 aromatic rings. The zero-order valence-electron chi connectivity index (χ0n) is 20.1. The van der Waals surface area contributed by atoms with Crippen LogP contribution < -0.4 is 15.8 Å². The highest BCUT2D eigenvalue weighted by Gasteiger charge is 2.24. The van der Waals surface area contributed by atoms with Crippen molar-refractivity contribution >= 4 is 34.1 Å². The van der Waals surface area contributed by atoms with E-state index in [4.69, 9.17) is 10.5 Å². The minimum absolute atomic E-state index is 0.101. The van der Waals surface area contributed by atoms with Gasteiger partial charge in [0.1, 0.15) is 12.4 Å². The van der Waals surface area contributed by atoms with Crippen LogP contribution in [0.25, 0.3) is 33.7 Å². The maximum Gasteiger partial charge on any atom is 0.256 e. The summed E-state index contributed by atoms with van der Waals surface area (Å²) in [6, 6.07) is 25.8. The zero-order valence-corrected chi connectivity index (χ0v) is 20.1. The third kappa shape index (κ3) is 4.75. The molecule has 0 saturated carbocycles. The second-order valence-electron chi connectivity index (χ2n) is 9.23. The lowest BCUT2D eigenvalue weighted by Gasteiger charge is -2.13. The van der Waals surface area contributed by atoms with E-state index in [2.05, 4.69) is 27.4 Å². The van der Waals surface area contributed by atoms with Gasteiger partial charge in [-0.05, 0) is 53.5 Å². The number of benzene rings is 3. The molecule has 0 spiro atoms. The van der Waals surface area contributed by atoms with Crippen LogP contribution >= 0.6 is 0 Å². The van der Waals surface area contributed by atoms with Crippen molar-refractivity contribution in [3.63, 3.8) is 0 Å². The number of H-pyrrole nitrogens is 1. The molecule has 3 heterocycles. The number of pyridine rings is 1. The minimum atomic E-state index is -0.161. The van der Waals surface area contributed by atoms with Gasteiger partial charge in [0.05, 0.1) is 6.20 Å². The molecular formula is C31H26N4O2. The predicted octanol–water partition coefficient (Wildman–Crippen LogP) is 5.67. The van der Waals surface area contributed by atoms with Crippen LogP contribution in [0.1, 0.15) is 16.7 Å². The van der Waals surface area contributed by atoms with Gasteiger partial charge in [-0.2, -0.15) is 0 Å². The molecule has 0 bridgehead atoms. The number of carbonyl (C=O) groups excluding carboxylic acids is 1. The molecule has 182 valence electrons. The lowest BCUT2D eigenvalue weighted by molar-refractivity contribution is -0.110. The Kier molecular flexibility index (Phi) is 6.00. The highest BCUT2D eigenvalue weighted by molar-refractivity contribution is 6.35. The van der Waals surface area contributed by atoms with Gasteiger partial charge in [-0.1, -0.05) is 54.6 Å². The molecule has 0 aliphatic carbocycles. The number of nitrogens with two attached hydrogens (primary N) is 1. The van der Waals surface area contributed by atoms with E-state index in [0.29, 0.717) is 24.4 Å². The molecule has 1 amide bonds. The molecule has 4 N–H and O–H groups in total. The molecule has 6 rings (SSSR count). The number of nitrogens with zero attached hydrogens (tertiary/aromatic N) is 1. The number of amides is 1. The van der Waals surface area contributed by atoms with Gasteiger partial charge < -0.3 is 20.8 Å². The normalized spacial score (nSPS) is 14.5. The summed E-state index contributed by atoms with van der Waals surface area (Å²) in [4.78, 5) is 20.3. The van der Waals surface area contributed by atoms with Gasteiger partial charge in [0.15, 0.2) is 0 Å². The number of nitrogens with one attached hydrogen (secondary N) is 2. The second-order valence-corrected chi connectivity index (χ2v) is 9.23. The Balaban J connectivity index is 1.18. The Morgan fingerprint density at radius 3 is 2.68 bits per heavy atom. The number of carbonyl (C=O) groups is 1. The van der Waals surface area contributed by atoms with Gasteiger partial charge in [-0.15, -0.1) is 0 Å². The topological polar surface area (TPSA) is 93.0 Å². The number of hydrogen-bond donors (Lipinski definition) is 3. The third-order valence-electron chi connectivity index (χ3n) is 6.58. The molecule has 2 aromatic heterocycles. The summed E-state index contributed by atoms with van der Waals surface area (Å²) in [6.45, 7) is 0.372. The Bertz CT molecular complexity index is 1620. The van der Waals surface area contributed by atoms with Crippen molar-refractivity contribution in [3.8, 4) is 16.9 Å². The minimum Gasteiger partial charge on any atom is -0.490 e. The SMILES string of the molecule is N[C@H](COc1cncc(-c2ccc3c(c2)/C(=C/c2ccccc2)C(=O)N3)c1)Cc1c[nH]c2ccccc12. The summed E-state index contributed by atoms with van der Waals surface area (Å²) >= 11 is 0. The van der Waals surface area contributed by atoms with Crippen molar-refractivity contribution in [2.75, 3.05) is 11.9 Å². The van der Waals surface area contributed by atoms with E-state index in [1.165, 1.54) is 10.9 Å². The van der Waals surface area contributed by atoms with Crippen LogP contribution in [-0.2, 0) is 11.2 Å². The van der Waals surface area contributed by atoms with E-state index in [9.17, 15) is 4.79 Å². The fourth-order valence-electron chi connectivity index (χ4n) is 4.73. The molecular weight excluding hydrogens is 460 g/mol. The maximum atomic E-state index is 12.6. The second kappa shape index (κ2) is 9.76. The molecule has 3 aromatic carbocycles. The van der Waals surface area contributed by atoms with E-state index in [1.807, 2.05) is 79.0 Å². The number of rotatable bonds is 7. The van der Waals surface area contributed by atoms with Crippen molar-refractivity contribution in [2.45, 2.75) is 12.5 Å². The summed E-state index contributed by atoms with van der Waals surface area (Å²) < 4.78 is 6.03. The van der Waals surface area contributed by atoms with Gasteiger partial charge in [-0.25, -0.2) is 0 Å². The van der Waals surface area contributed by atoms with Gasteiger partial charge in [0.2, 0.25) is 0 Å². The van der Waals surface area contributed by atoms with Crippen molar-refractivity contribution in [2.24, 2.45) is 5.73 Å². The number of ether oxygens (including phenoxy) is 1. The van der Waals surface area contributed by atoms with Gasteiger partial charge in [0.25, 0.3) is 5.91 Å². The molecule has 0 fully saturated rings. The quantitative estimate of drug-likeness (QED) is 0.258. The molecule has 1 atom stereocenters. The molecule has 6 heteroatoms. The molecule has 0 radical (unpaired) electrons. The van der Waals surface area contributed by atoms with Crippen LogP contribution in [-0.4, -0.2) is 28.5 Å². The van der Waals surface area contributed by atoms with Gasteiger partial charge in [-0.3, -0.25) is 9.78 Å². The summed E-state index contributed by atoms with van der Waals surface area (Å²) in [6.07, 6.45) is 8.13. The van der Waals surface area contributed by atoms with Crippen LogP contribution in [0.5, 0.6) is 5.75 Å². The van der Waals surface area contributed by atoms with Crippen LogP contribution in [0.4, 0.5) is 5.69 Å². The van der Waals surface area contributed by atoms with Crippen LogP contribution in [0, 0.1) is 0 Å². The third-order valence-corrected chi connectivity index (χ3v) is 6.58. The van der Waals surface area contributed by atoms with E-state index in [1.54, 1.807) is 12.4 Å². The number of aromatic nitrogens is 2. The molecule has 1 aliphatic rings. The average molecular weight is 487 g/mol. The number of fused-ring (bicyclic) bond motifs is 2. The monoisotopic (exact) mass is 486 g/mol. The highest BCUT2D eigenvalue weighted by atomic mass is 16.5. The molecule has 0 unspecified atom stereocenters. The Morgan fingerprint density at radius 1 is 0.946 bits per heavy atom. The van der Waals surface area contributed by atoms with Gasteiger partial charge >= 0.3 is 0 Å². The lowest BCUT2D eigenvalue weighted by atomic mass is 9.99. The van der Waals surface area contributed by atoms with E-state index < -0.39 is 0 Å². The van der Waals surface area contributed by atoms with Crippen molar-refractivity contribution in [1.29, 1.82) is 0 Å². The van der Waals surface area contributed by atoms with E-state index >= 15 is 0 Å². The summed E-state index contributed by atoms with van der Waals surface area (Å²) in [5.74, 6) is 0.553. The first-order valence-corrected chi connectivity index (χ1v) is 12.3. The fraction of sp³-hybridized carbons (Fsp3) is 0.0968. The van der Waals surface area contributed by atoms with Crippen molar-refractivity contribution < 1.29 is 9.53 Å². The Morgan fingerprint density at radius 2 is 1.78 bits per heavy atom. The van der Waals surface area contributed by atoms with Crippen LogP contribution in [0.2, 0.25) is 0 Å².